The third-order valence-corrected chi connectivity index (χ3v) is 6.12. The molecule has 10 heteroatoms. The first-order chi connectivity index (χ1) is 14.9. The first-order valence-electron chi connectivity index (χ1n) is 9.88. The van der Waals surface area contributed by atoms with Gasteiger partial charge in [-0.1, -0.05) is 18.2 Å². The second-order valence-corrected chi connectivity index (χ2v) is 9.95. The summed E-state index contributed by atoms with van der Waals surface area (Å²) in [6, 6.07) is 13.7. The molecule has 0 spiro atoms. The van der Waals surface area contributed by atoms with Crippen LogP contribution in [0.2, 0.25) is 0 Å². The van der Waals surface area contributed by atoms with Gasteiger partial charge in [0.05, 0.1) is 5.56 Å². The molecule has 3 N–H and O–H groups in total. The zero-order valence-electron chi connectivity index (χ0n) is 18.5. The highest BCUT2D eigenvalue weighted by Crippen LogP contribution is 2.21. The molecular weight excluding hydrogens is 432 g/mol. The Balaban J connectivity index is 1.70. The summed E-state index contributed by atoms with van der Waals surface area (Å²) in [5.74, 6) is -1.55. The predicted molar refractivity (Wildman–Crippen MR) is 119 cm³/mol. The molecule has 0 saturated carbocycles. The van der Waals surface area contributed by atoms with E-state index in [4.69, 9.17) is 4.42 Å². The Morgan fingerprint density at radius 1 is 0.938 bits per heavy atom. The van der Waals surface area contributed by atoms with Crippen molar-refractivity contribution in [2.45, 2.75) is 45.2 Å². The quantitative estimate of drug-likeness (QED) is 0.508. The lowest BCUT2D eigenvalue weighted by Gasteiger charge is -2.18. The van der Waals surface area contributed by atoms with Gasteiger partial charge in [0.2, 0.25) is 5.09 Å². The number of sulfonamides is 1. The summed E-state index contributed by atoms with van der Waals surface area (Å²) in [7, 11) is -3.93. The zero-order valence-corrected chi connectivity index (χ0v) is 19.3. The Labute approximate surface area is 186 Å². The van der Waals surface area contributed by atoms with E-state index in [0.717, 1.165) is 11.4 Å². The number of nitrogens with zero attached hydrogens (tertiary/aromatic N) is 1. The van der Waals surface area contributed by atoms with Gasteiger partial charge >= 0.3 is 5.91 Å². The Morgan fingerprint density at radius 3 is 2.19 bits per heavy atom. The molecule has 32 heavy (non-hydrogen) atoms. The average Bonchev–Trinajstić information content (AvgIpc) is 3.30. The second-order valence-electron chi connectivity index (χ2n) is 8.34. The van der Waals surface area contributed by atoms with Gasteiger partial charge in [0.25, 0.3) is 15.9 Å². The van der Waals surface area contributed by atoms with Crippen LogP contribution in [0.3, 0.4) is 0 Å². The monoisotopic (exact) mass is 458 g/mol. The third kappa shape index (κ3) is 5.09. The number of hydrogen-bond donors (Lipinski definition) is 3. The van der Waals surface area contributed by atoms with Crippen LogP contribution >= 0.6 is 0 Å². The first kappa shape index (κ1) is 23.3. The maximum atomic E-state index is 12.6. The van der Waals surface area contributed by atoms with Crippen molar-refractivity contribution in [3.63, 3.8) is 0 Å². The molecule has 0 saturated heterocycles. The molecular formula is C22H26N4O5S. The highest BCUT2D eigenvalue weighted by Gasteiger charge is 2.26. The Morgan fingerprint density at radius 2 is 1.56 bits per heavy atom. The van der Waals surface area contributed by atoms with Crippen LogP contribution in [0.1, 0.15) is 53.1 Å². The Hall–Kier alpha value is -3.37. The summed E-state index contributed by atoms with van der Waals surface area (Å²) in [5, 5.41) is -0.393. The first-order valence-corrected chi connectivity index (χ1v) is 11.4. The largest absolute Gasteiger partial charge is 0.438 e. The zero-order chi connectivity index (χ0) is 23.7. The summed E-state index contributed by atoms with van der Waals surface area (Å²) < 4.78 is 34.2. The van der Waals surface area contributed by atoms with Gasteiger partial charge in [-0.2, -0.15) is 0 Å². The summed E-state index contributed by atoms with van der Waals surface area (Å²) in [6.07, 6.45) is 0. The van der Waals surface area contributed by atoms with Crippen molar-refractivity contribution in [3.8, 4) is 5.69 Å². The van der Waals surface area contributed by atoms with Crippen LogP contribution in [0.25, 0.3) is 5.69 Å². The molecule has 0 unspecified atom stereocenters. The van der Waals surface area contributed by atoms with E-state index in [1.54, 1.807) is 26.8 Å². The fraction of sp³-hybridized carbons (Fsp3) is 0.273. The van der Waals surface area contributed by atoms with Gasteiger partial charge in [-0.25, -0.2) is 13.1 Å². The van der Waals surface area contributed by atoms with Crippen molar-refractivity contribution in [1.29, 1.82) is 0 Å². The molecule has 0 fully saturated rings. The van der Waals surface area contributed by atoms with Crippen LogP contribution in [0.5, 0.6) is 0 Å². The number of para-hydroxylation sites is 1. The van der Waals surface area contributed by atoms with Crippen LogP contribution in [0.4, 0.5) is 0 Å². The number of furan rings is 1. The number of hydrazine groups is 1. The fourth-order valence-electron chi connectivity index (χ4n) is 3.25. The molecule has 0 aliphatic carbocycles. The van der Waals surface area contributed by atoms with Crippen LogP contribution in [0, 0.1) is 13.8 Å². The Bertz CT molecular complexity index is 1250. The summed E-state index contributed by atoms with van der Waals surface area (Å²) >= 11 is 0. The standard InChI is InChI=1S/C22H26N4O5S/c1-14-13-17(15(2)26(14)16-9-7-6-8-10-16)20(27)23-24-21(28)18-11-12-19(31-18)32(29,30)25-22(3,4)5/h6-13,25H,1-5H3,(H,23,27)(H,24,28). The van der Waals surface area contributed by atoms with E-state index in [1.165, 1.54) is 12.1 Å². The van der Waals surface area contributed by atoms with Crippen LogP contribution in [-0.4, -0.2) is 30.3 Å². The minimum Gasteiger partial charge on any atom is -0.438 e. The van der Waals surface area contributed by atoms with Gasteiger partial charge in [-0.15, -0.1) is 0 Å². The molecule has 3 aromatic rings. The molecule has 2 aromatic heterocycles. The highest BCUT2D eigenvalue weighted by atomic mass is 32.2. The van der Waals surface area contributed by atoms with Gasteiger partial charge < -0.3 is 8.98 Å². The fourth-order valence-corrected chi connectivity index (χ4v) is 4.60. The predicted octanol–water partition coefficient (Wildman–Crippen LogP) is 2.84. The lowest BCUT2D eigenvalue weighted by molar-refractivity contribution is 0.0827. The maximum absolute atomic E-state index is 12.6. The topological polar surface area (TPSA) is 122 Å². The smallest absolute Gasteiger partial charge is 0.305 e. The van der Waals surface area contributed by atoms with Crippen LogP contribution < -0.4 is 15.6 Å². The summed E-state index contributed by atoms with van der Waals surface area (Å²) in [5.41, 5.74) is 6.75. The Kier molecular flexibility index (Phi) is 6.29. The van der Waals surface area contributed by atoms with E-state index in [0.29, 0.717) is 11.3 Å². The molecule has 2 amide bonds. The summed E-state index contributed by atoms with van der Waals surface area (Å²) in [6.45, 7) is 8.75. The molecule has 1 aromatic carbocycles. The van der Waals surface area contributed by atoms with E-state index in [-0.39, 0.29) is 5.76 Å². The second kappa shape index (κ2) is 8.64. The van der Waals surface area contributed by atoms with Crippen LogP contribution in [-0.2, 0) is 10.0 Å². The van der Waals surface area contributed by atoms with Crippen molar-refractivity contribution < 1.29 is 22.4 Å². The number of benzene rings is 1. The van der Waals surface area contributed by atoms with Gasteiger partial charge in [0, 0.05) is 22.6 Å². The molecule has 2 heterocycles. The minimum absolute atomic E-state index is 0.255. The molecule has 0 radical (unpaired) electrons. The normalized spacial score (nSPS) is 11.9. The van der Waals surface area contributed by atoms with E-state index in [9.17, 15) is 18.0 Å². The van der Waals surface area contributed by atoms with Crippen LogP contribution in [0.15, 0.2) is 58.0 Å². The number of carbonyl (C=O) groups excluding carboxylic acids is 2. The van der Waals surface area contributed by atoms with E-state index in [2.05, 4.69) is 15.6 Å². The average molecular weight is 459 g/mol. The summed E-state index contributed by atoms with van der Waals surface area (Å²) in [4.78, 5) is 25.0. The number of amides is 2. The van der Waals surface area contributed by atoms with Crippen molar-refractivity contribution in [2.75, 3.05) is 0 Å². The lowest BCUT2D eigenvalue weighted by atomic mass is 10.1. The molecule has 0 aliphatic rings. The van der Waals surface area contributed by atoms with Gasteiger partial charge in [0.1, 0.15) is 0 Å². The number of carbonyl (C=O) groups is 2. The lowest BCUT2D eigenvalue weighted by Crippen LogP contribution is -2.41. The van der Waals surface area contributed by atoms with Gasteiger partial charge in [-0.3, -0.25) is 20.4 Å². The van der Waals surface area contributed by atoms with Crippen molar-refractivity contribution in [2.24, 2.45) is 0 Å². The number of hydrogen-bond acceptors (Lipinski definition) is 5. The number of rotatable bonds is 5. The maximum Gasteiger partial charge on any atom is 0.305 e. The minimum atomic E-state index is -3.93. The van der Waals surface area contributed by atoms with E-state index >= 15 is 0 Å². The number of nitrogens with one attached hydrogen (secondary N) is 3. The molecule has 3 rings (SSSR count). The van der Waals surface area contributed by atoms with E-state index < -0.39 is 32.5 Å². The third-order valence-electron chi connectivity index (χ3n) is 4.49. The molecule has 0 atom stereocenters. The van der Waals surface area contributed by atoms with Gasteiger partial charge in [-0.05, 0) is 65.0 Å². The highest BCUT2D eigenvalue weighted by molar-refractivity contribution is 7.89. The van der Waals surface area contributed by atoms with Gasteiger partial charge in [0.15, 0.2) is 5.76 Å². The number of aromatic nitrogens is 1. The molecule has 170 valence electrons. The number of aryl methyl sites for hydroxylation is 1. The van der Waals surface area contributed by atoms with Crippen molar-refractivity contribution >= 4 is 21.8 Å². The SMILES string of the molecule is Cc1cc(C(=O)NNC(=O)c2ccc(S(=O)(=O)NC(C)(C)C)o2)c(C)n1-c1ccccc1. The van der Waals surface area contributed by atoms with E-state index in [1.807, 2.05) is 48.7 Å². The van der Waals surface area contributed by atoms with Crippen molar-refractivity contribution in [3.05, 3.63) is 71.2 Å². The molecule has 0 aliphatic heterocycles. The molecule has 0 bridgehead atoms. The van der Waals surface area contributed by atoms with Crippen molar-refractivity contribution in [1.82, 2.24) is 20.1 Å². The molecule has 9 nitrogen and oxygen atoms in total.